The van der Waals surface area contributed by atoms with Gasteiger partial charge in [0.25, 0.3) is 0 Å². The molecule has 0 atom stereocenters. The predicted molar refractivity (Wildman–Crippen MR) is 116 cm³/mol. The van der Waals surface area contributed by atoms with Crippen LogP contribution in [0.1, 0.15) is 19.8 Å². The van der Waals surface area contributed by atoms with Crippen LogP contribution in [0.15, 0.2) is 60.0 Å². The lowest BCUT2D eigenvalue weighted by molar-refractivity contribution is 0.806. The first-order valence-electron chi connectivity index (χ1n) is 9.74. The van der Waals surface area contributed by atoms with Gasteiger partial charge in [-0.15, -0.1) is 11.3 Å². The summed E-state index contributed by atoms with van der Waals surface area (Å²) >= 11 is 1.78. The van der Waals surface area contributed by atoms with E-state index in [4.69, 9.17) is 4.98 Å². The number of aromatic nitrogens is 2. The fourth-order valence-corrected chi connectivity index (χ4v) is 5.09. The van der Waals surface area contributed by atoms with Gasteiger partial charge < -0.3 is 9.47 Å². The summed E-state index contributed by atoms with van der Waals surface area (Å²) in [5, 5.41) is 4.69. The summed E-state index contributed by atoms with van der Waals surface area (Å²) < 4.78 is 2.43. The average Bonchev–Trinajstić information content (AvgIpc) is 3.45. The highest BCUT2D eigenvalue weighted by atomic mass is 32.1. The van der Waals surface area contributed by atoms with Gasteiger partial charge >= 0.3 is 0 Å². The summed E-state index contributed by atoms with van der Waals surface area (Å²) in [7, 11) is 0. The molecule has 4 heteroatoms. The van der Waals surface area contributed by atoms with E-state index < -0.39 is 0 Å². The summed E-state index contributed by atoms with van der Waals surface area (Å²) in [6, 6.07) is 19.4. The molecule has 0 unspecified atom stereocenters. The van der Waals surface area contributed by atoms with E-state index in [1.165, 1.54) is 40.6 Å². The van der Waals surface area contributed by atoms with Crippen molar-refractivity contribution in [2.24, 2.45) is 0 Å². The lowest BCUT2D eigenvalue weighted by Crippen LogP contribution is -2.17. The van der Waals surface area contributed by atoms with E-state index in [0.717, 1.165) is 30.5 Å². The number of hydrogen-bond donors (Lipinski definition) is 0. The quantitative estimate of drug-likeness (QED) is 0.434. The van der Waals surface area contributed by atoms with Crippen LogP contribution in [-0.2, 0) is 6.54 Å². The molecule has 1 aliphatic heterocycles. The van der Waals surface area contributed by atoms with E-state index in [0.29, 0.717) is 0 Å². The maximum absolute atomic E-state index is 5.08. The first-order valence-corrected chi connectivity index (χ1v) is 10.6. The Bertz CT molecular complexity index is 1070. The molecule has 0 aliphatic carbocycles. The molecular weight excluding hydrogens is 350 g/mol. The highest BCUT2D eigenvalue weighted by Crippen LogP contribution is 2.42. The van der Waals surface area contributed by atoms with Crippen molar-refractivity contribution in [1.29, 1.82) is 0 Å². The van der Waals surface area contributed by atoms with Gasteiger partial charge in [0, 0.05) is 41.5 Å². The molecule has 0 bridgehead atoms. The second kappa shape index (κ2) is 6.86. The molecule has 1 saturated heterocycles. The Kier molecular flexibility index (Phi) is 4.21. The molecule has 5 rings (SSSR count). The van der Waals surface area contributed by atoms with Gasteiger partial charge in [-0.2, -0.15) is 0 Å². The Hall–Kier alpha value is -2.59. The molecule has 1 fully saturated rings. The summed E-state index contributed by atoms with van der Waals surface area (Å²) in [5.41, 5.74) is 6.17. The van der Waals surface area contributed by atoms with Crippen LogP contribution in [0, 0.1) is 0 Å². The number of para-hydroxylation sites is 1. The third kappa shape index (κ3) is 2.76. The fraction of sp³-hybridized carbons (Fsp3) is 0.261. The monoisotopic (exact) mass is 373 g/mol. The van der Waals surface area contributed by atoms with Crippen LogP contribution in [0.4, 0.5) is 5.13 Å². The second-order valence-electron chi connectivity index (χ2n) is 7.06. The Morgan fingerprint density at radius 3 is 2.48 bits per heavy atom. The third-order valence-electron chi connectivity index (χ3n) is 5.46. The molecule has 0 radical (unpaired) electrons. The number of benzene rings is 2. The number of aryl methyl sites for hydroxylation is 1. The maximum atomic E-state index is 5.08. The van der Waals surface area contributed by atoms with Crippen molar-refractivity contribution in [3.05, 3.63) is 60.0 Å². The minimum Gasteiger partial charge on any atom is -0.348 e. The summed E-state index contributed by atoms with van der Waals surface area (Å²) in [4.78, 5) is 7.50. The van der Waals surface area contributed by atoms with Gasteiger partial charge in [0.05, 0.1) is 11.4 Å². The van der Waals surface area contributed by atoms with Gasteiger partial charge in [-0.05, 0) is 31.4 Å². The molecule has 0 amide bonds. The lowest BCUT2D eigenvalue weighted by atomic mass is 10.0. The molecule has 0 saturated carbocycles. The normalized spacial score (nSPS) is 14.3. The molecule has 1 aliphatic rings. The first kappa shape index (κ1) is 16.6. The Balaban J connectivity index is 1.76. The minimum atomic E-state index is 0.938. The smallest absolute Gasteiger partial charge is 0.185 e. The van der Waals surface area contributed by atoms with Crippen molar-refractivity contribution in [1.82, 2.24) is 9.55 Å². The zero-order chi connectivity index (χ0) is 18.2. The second-order valence-corrected chi connectivity index (χ2v) is 7.90. The van der Waals surface area contributed by atoms with Gasteiger partial charge in [0.2, 0.25) is 0 Å². The standard InChI is InChI=1S/C23H23N3S/c1-2-26-20-13-7-6-12-18(20)21(22(26)17-10-4-3-5-11-17)19-16-27-23(24-19)25-14-8-9-15-25/h3-7,10-13,16H,2,8-9,14-15H2,1H3. The minimum absolute atomic E-state index is 0.938. The molecule has 0 N–H and O–H groups in total. The van der Waals surface area contributed by atoms with Crippen molar-refractivity contribution in [2.75, 3.05) is 18.0 Å². The number of rotatable bonds is 4. The fourth-order valence-electron chi connectivity index (χ4n) is 4.22. The molecule has 27 heavy (non-hydrogen) atoms. The van der Waals surface area contributed by atoms with Crippen LogP contribution in [0.3, 0.4) is 0 Å². The molecule has 4 aromatic rings. The topological polar surface area (TPSA) is 21.1 Å². The maximum Gasteiger partial charge on any atom is 0.185 e. The van der Waals surface area contributed by atoms with E-state index in [2.05, 4.69) is 76.4 Å². The van der Waals surface area contributed by atoms with Crippen LogP contribution in [0.25, 0.3) is 33.4 Å². The van der Waals surface area contributed by atoms with Gasteiger partial charge in [0.1, 0.15) is 0 Å². The average molecular weight is 374 g/mol. The third-order valence-corrected chi connectivity index (χ3v) is 6.36. The number of thiazole rings is 1. The van der Waals surface area contributed by atoms with Gasteiger partial charge in [-0.3, -0.25) is 0 Å². The lowest BCUT2D eigenvalue weighted by Gasteiger charge is -2.12. The highest BCUT2D eigenvalue weighted by Gasteiger charge is 2.22. The van der Waals surface area contributed by atoms with Crippen molar-refractivity contribution in [3.8, 4) is 22.5 Å². The van der Waals surface area contributed by atoms with Crippen molar-refractivity contribution >= 4 is 27.4 Å². The van der Waals surface area contributed by atoms with Crippen LogP contribution in [-0.4, -0.2) is 22.6 Å². The predicted octanol–water partition coefficient (Wildman–Crippen LogP) is 6.05. The number of nitrogens with zero attached hydrogens (tertiary/aromatic N) is 3. The summed E-state index contributed by atoms with van der Waals surface area (Å²) in [6.45, 7) is 5.43. The molecule has 3 nitrogen and oxygen atoms in total. The molecular formula is C23H23N3S. The van der Waals surface area contributed by atoms with E-state index in [1.54, 1.807) is 11.3 Å². The molecule has 2 aromatic carbocycles. The molecule has 136 valence electrons. The van der Waals surface area contributed by atoms with Crippen LogP contribution >= 0.6 is 11.3 Å². The SMILES string of the molecule is CCn1c(-c2ccccc2)c(-c2csc(N3CCCC3)n2)c2ccccc21. The Morgan fingerprint density at radius 2 is 1.70 bits per heavy atom. The van der Waals surface area contributed by atoms with Crippen LogP contribution in [0.5, 0.6) is 0 Å². The Morgan fingerprint density at radius 1 is 0.963 bits per heavy atom. The van der Waals surface area contributed by atoms with Crippen molar-refractivity contribution < 1.29 is 0 Å². The zero-order valence-electron chi connectivity index (χ0n) is 15.6. The summed E-state index contributed by atoms with van der Waals surface area (Å²) in [5.74, 6) is 0. The largest absolute Gasteiger partial charge is 0.348 e. The van der Waals surface area contributed by atoms with E-state index in [1.807, 2.05) is 0 Å². The summed E-state index contributed by atoms with van der Waals surface area (Å²) in [6.07, 6.45) is 2.55. The molecule has 2 aromatic heterocycles. The Labute approximate surface area is 163 Å². The van der Waals surface area contributed by atoms with Crippen LogP contribution in [0.2, 0.25) is 0 Å². The molecule has 0 spiro atoms. The van der Waals surface area contributed by atoms with Gasteiger partial charge in [-0.1, -0.05) is 48.5 Å². The zero-order valence-corrected chi connectivity index (χ0v) is 16.4. The number of hydrogen-bond acceptors (Lipinski definition) is 3. The van der Waals surface area contributed by atoms with E-state index in [9.17, 15) is 0 Å². The van der Waals surface area contributed by atoms with Crippen molar-refractivity contribution in [3.63, 3.8) is 0 Å². The van der Waals surface area contributed by atoms with Gasteiger partial charge in [-0.25, -0.2) is 4.98 Å². The van der Waals surface area contributed by atoms with Crippen LogP contribution < -0.4 is 4.90 Å². The highest BCUT2D eigenvalue weighted by molar-refractivity contribution is 7.14. The van der Waals surface area contributed by atoms with E-state index in [-0.39, 0.29) is 0 Å². The number of fused-ring (bicyclic) bond motifs is 1. The molecule has 3 heterocycles. The van der Waals surface area contributed by atoms with Crippen molar-refractivity contribution in [2.45, 2.75) is 26.3 Å². The van der Waals surface area contributed by atoms with E-state index >= 15 is 0 Å². The first-order chi connectivity index (χ1) is 13.4. The van der Waals surface area contributed by atoms with Gasteiger partial charge in [0.15, 0.2) is 5.13 Å². The number of anilines is 1.